The molecular weight excluding hydrogens is 331 g/mol. The zero-order valence-electron chi connectivity index (χ0n) is 16.2. The minimum Gasteiger partial charge on any atom is -0.319 e. The van der Waals surface area contributed by atoms with Crippen LogP contribution in [-0.2, 0) is 16.5 Å². The Labute approximate surface area is 154 Å². The van der Waals surface area contributed by atoms with Crippen molar-refractivity contribution in [2.75, 3.05) is 28.2 Å². The third-order valence-corrected chi connectivity index (χ3v) is 2.47. The molecule has 0 heterocycles. The zero-order valence-corrected chi connectivity index (χ0v) is 17.2. The smallest absolute Gasteiger partial charge is 0.248 e. The number of hydrogen-bond acceptors (Lipinski definition) is 0. The van der Waals surface area contributed by atoms with Crippen molar-refractivity contribution < 1.29 is 34.8 Å². The van der Waals surface area contributed by atoms with Gasteiger partial charge in [0.2, 0.25) is 12.7 Å². The van der Waals surface area contributed by atoms with Crippen molar-refractivity contribution in [3.63, 3.8) is 0 Å². The summed E-state index contributed by atoms with van der Waals surface area (Å²) in [5.41, 5.74) is 0. The van der Waals surface area contributed by atoms with Gasteiger partial charge in [-0.2, -0.15) is 0 Å². The van der Waals surface area contributed by atoms with Gasteiger partial charge in [0.1, 0.15) is 28.2 Å². The van der Waals surface area contributed by atoms with Crippen molar-refractivity contribution in [3.05, 3.63) is 13.1 Å². The molecule has 0 unspecified atom stereocenters. The molecule has 0 atom stereocenters. The third-order valence-electron chi connectivity index (χ3n) is 2.47. The fourth-order valence-corrected chi connectivity index (χ4v) is 1.80. The molecule has 0 aliphatic rings. The average Bonchev–Trinajstić information content (AvgIpc) is 2.40. The molecular formula is C18H36N4Ni. The van der Waals surface area contributed by atoms with Gasteiger partial charge < -0.3 is 18.3 Å². The Bertz CT molecular complexity index is 358. The predicted molar refractivity (Wildman–Crippen MR) is 96.6 cm³/mol. The molecule has 138 valence electrons. The molecule has 0 spiro atoms. The van der Waals surface area contributed by atoms with Crippen molar-refractivity contribution in [1.82, 2.24) is 0 Å². The van der Waals surface area contributed by atoms with Crippen molar-refractivity contribution >= 4 is 25.1 Å². The molecule has 0 saturated heterocycles. The summed E-state index contributed by atoms with van der Waals surface area (Å²) in [6.07, 6.45) is 14.3. The van der Waals surface area contributed by atoms with Crippen LogP contribution in [0.1, 0.15) is 53.4 Å². The first kappa shape index (κ1) is 26.8. The van der Waals surface area contributed by atoms with E-state index in [1.54, 1.807) is 0 Å². The minimum absolute atomic E-state index is 0. The Morgan fingerprint density at radius 1 is 0.696 bits per heavy atom. The standard InChI is InChI=1S/2C9H18N2.Ni/c2*1-5-7-10(3)9-11(4)8-6-2;/h2*7,9H,5-6H2,1-4H3;. The van der Waals surface area contributed by atoms with Crippen molar-refractivity contribution in [1.29, 1.82) is 0 Å². The monoisotopic (exact) mass is 366 g/mol. The number of rotatable bonds is 8. The van der Waals surface area contributed by atoms with E-state index in [2.05, 4.69) is 53.2 Å². The van der Waals surface area contributed by atoms with Crippen LogP contribution in [0.4, 0.5) is 0 Å². The van der Waals surface area contributed by atoms with Gasteiger partial charge in [-0.15, -0.1) is 0 Å². The van der Waals surface area contributed by atoms with Crippen LogP contribution >= 0.6 is 0 Å². The molecule has 0 amide bonds. The van der Waals surface area contributed by atoms with Gasteiger partial charge in [0.15, 0.2) is 0 Å². The van der Waals surface area contributed by atoms with Crippen LogP contribution in [0.15, 0.2) is 0 Å². The second kappa shape index (κ2) is 19.0. The van der Waals surface area contributed by atoms with Crippen LogP contribution in [-0.4, -0.2) is 71.6 Å². The number of hydrogen-bond donors (Lipinski definition) is 0. The summed E-state index contributed by atoms with van der Waals surface area (Å²) in [5, 5.41) is 0. The molecule has 0 aromatic heterocycles. The largest absolute Gasteiger partial charge is 0.319 e. The van der Waals surface area contributed by atoms with Crippen LogP contribution < -0.4 is 0 Å². The molecule has 0 aromatic rings. The van der Waals surface area contributed by atoms with E-state index >= 15 is 0 Å². The fraction of sp³-hybridized carbons (Fsp3) is 0.667. The second-order valence-electron chi connectivity index (χ2n) is 4.99. The van der Waals surface area contributed by atoms with E-state index in [-0.39, 0.29) is 16.5 Å². The first-order chi connectivity index (χ1) is 10.4. The molecule has 0 rings (SSSR count). The molecule has 0 fully saturated rings. The average molecular weight is 367 g/mol. The summed E-state index contributed by atoms with van der Waals surface area (Å²) in [5.74, 6) is 0. The molecule has 0 aromatic carbocycles. The maximum Gasteiger partial charge on any atom is 0.248 e. The maximum atomic E-state index is 3.15. The van der Waals surface area contributed by atoms with Crippen molar-refractivity contribution in [2.45, 2.75) is 53.4 Å². The first-order valence-corrected chi connectivity index (χ1v) is 8.14. The topological polar surface area (TPSA) is 12.0 Å². The van der Waals surface area contributed by atoms with Crippen molar-refractivity contribution in [3.8, 4) is 0 Å². The van der Waals surface area contributed by atoms with Crippen LogP contribution in [0.25, 0.3) is 0 Å². The summed E-state index contributed by atoms with van der Waals surface area (Å²) in [4.78, 5) is 0. The van der Waals surface area contributed by atoms with Crippen LogP contribution in [0.5, 0.6) is 0 Å². The Morgan fingerprint density at radius 3 is 1.22 bits per heavy atom. The van der Waals surface area contributed by atoms with Crippen LogP contribution in [0.3, 0.4) is 0 Å². The summed E-state index contributed by atoms with van der Waals surface area (Å²) in [7, 11) is 8.03. The van der Waals surface area contributed by atoms with Gasteiger partial charge in [0.05, 0.1) is 0 Å². The molecule has 23 heavy (non-hydrogen) atoms. The van der Waals surface area contributed by atoms with E-state index in [0.717, 1.165) is 25.7 Å². The van der Waals surface area contributed by atoms with Crippen molar-refractivity contribution in [2.24, 2.45) is 0 Å². The predicted octanol–water partition coefficient (Wildman–Crippen LogP) is 2.46. The fourth-order valence-electron chi connectivity index (χ4n) is 1.80. The van der Waals surface area contributed by atoms with Gasteiger partial charge in [-0.1, -0.05) is 40.5 Å². The summed E-state index contributed by atoms with van der Waals surface area (Å²) in [6.45, 7) is 12.6. The van der Waals surface area contributed by atoms with E-state index in [4.69, 9.17) is 0 Å². The summed E-state index contributed by atoms with van der Waals surface area (Å²) >= 11 is 0. The molecule has 0 radical (unpaired) electrons. The SMILES string of the molecule is CC[C-]=[N+](C)C=[N+](C)[CH-]CC.CC[C-]=[N+](C)C=[N+](C)[CH-]CC.[Ni]. The first-order valence-electron chi connectivity index (χ1n) is 8.14. The van der Waals surface area contributed by atoms with E-state index in [1.165, 1.54) is 0 Å². The van der Waals surface area contributed by atoms with Gasteiger partial charge in [0.25, 0.3) is 0 Å². The molecule has 5 heteroatoms. The summed E-state index contributed by atoms with van der Waals surface area (Å²) < 4.78 is 7.99. The Morgan fingerprint density at radius 2 is 1.00 bits per heavy atom. The van der Waals surface area contributed by atoms with Gasteiger partial charge in [-0.25, -0.2) is 0 Å². The maximum absolute atomic E-state index is 3.15. The van der Waals surface area contributed by atoms with E-state index in [0.29, 0.717) is 0 Å². The molecule has 0 aliphatic carbocycles. The van der Waals surface area contributed by atoms with E-state index in [9.17, 15) is 0 Å². The van der Waals surface area contributed by atoms with Gasteiger partial charge >= 0.3 is 0 Å². The van der Waals surface area contributed by atoms with Gasteiger partial charge in [0, 0.05) is 42.0 Å². The third kappa shape index (κ3) is 20.9. The second-order valence-corrected chi connectivity index (χ2v) is 4.99. The normalized spacial score (nSPS) is 12.9. The molecule has 4 nitrogen and oxygen atoms in total. The molecule has 0 N–H and O–H groups in total. The molecule has 0 bridgehead atoms. The van der Waals surface area contributed by atoms with Gasteiger partial charge in [-0.3, -0.25) is 0 Å². The minimum atomic E-state index is 0. The van der Waals surface area contributed by atoms with E-state index < -0.39 is 0 Å². The van der Waals surface area contributed by atoms with E-state index in [1.807, 2.05) is 59.2 Å². The molecule has 0 saturated carbocycles. The van der Waals surface area contributed by atoms with Gasteiger partial charge in [-0.05, 0) is 12.8 Å². The van der Waals surface area contributed by atoms with Crippen LogP contribution in [0, 0.1) is 13.1 Å². The quantitative estimate of drug-likeness (QED) is 0.206. The Hall–Kier alpha value is -1.09. The Balaban J connectivity index is -0.000000333. The molecule has 0 aliphatic heterocycles. The van der Waals surface area contributed by atoms with Crippen LogP contribution in [0.2, 0.25) is 0 Å². The summed E-state index contributed by atoms with van der Waals surface area (Å²) in [6, 6.07) is 0. The number of nitrogens with zero attached hydrogens (tertiary/aromatic N) is 4. The zero-order chi connectivity index (χ0) is 17.4. The Kier molecular flexibility index (Phi) is 22.1.